The second-order valence-corrected chi connectivity index (χ2v) is 7.86. The summed E-state index contributed by atoms with van der Waals surface area (Å²) in [5.74, 6) is 1.10. The molecule has 0 heteroatoms. The van der Waals surface area contributed by atoms with Gasteiger partial charge in [-0.3, -0.25) is 0 Å². The second kappa shape index (κ2) is 6.19. The lowest BCUT2D eigenvalue weighted by Crippen LogP contribution is -1.96. The van der Waals surface area contributed by atoms with Gasteiger partial charge in [0.1, 0.15) is 0 Å². The van der Waals surface area contributed by atoms with E-state index in [0.717, 1.165) is 6.42 Å². The molecule has 25 heavy (non-hydrogen) atoms. The molecule has 126 valence electrons. The fraction of sp³-hybridized carbons (Fsp3) is 0.280. The van der Waals surface area contributed by atoms with Crippen LogP contribution in [0.1, 0.15) is 61.8 Å². The fourth-order valence-electron chi connectivity index (χ4n) is 3.93. The van der Waals surface area contributed by atoms with Crippen molar-refractivity contribution in [3.05, 3.63) is 82.9 Å². The van der Waals surface area contributed by atoms with Crippen molar-refractivity contribution in [2.75, 3.05) is 0 Å². The smallest absolute Gasteiger partial charge is 0.000729 e. The van der Waals surface area contributed by atoms with Crippen LogP contribution in [0.2, 0.25) is 0 Å². The van der Waals surface area contributed by atoms with E-state index in [2.05, 4.69) is 88.4 Å². The van der Waals surface area contributed by atoms with E-state index in [0.29, 0.717) is 11.8 Å². The Morgan fingerprint density at radius 2 is 1.24 bits per heavy atom. The Hall–Kier alpha value is -2.34. The molecule has 0 aliphatic heterocycles. The van der Waals surface area contributed by atoms with Crippen molar-refractivity contribution in [1.29, 1.82) is 0 Å². The van der Waals surface area contributed by atoms with Gasteiger partial charge >= 0.3 is 0 Å². The summed E-state index contributed by atoms with van der Waals surface area (Å²) < 4.78 is 0. The van der Waals surface area contributed by atoms with Crippen LogP contribution >= 0.6 is 0 Å². The zero-order valence-corrected chi connectivity index (χ0v) is 15.6. The highest BCUT2D eigenvalue weighted by Gasteiger charge is 2.21. The summed E-state index contributed by atoms with van der Waals surface area (Å²) in [5, 5.41) is 0. The monoisotopic (exact) mass is 326 g/mol. The molecule has 0 fully saturated rings. The van der Waals surface area contributed by atoms with Crippen molar-refractivity contribution in [3.8, 4) is 22.3 Å². The average molecular weight is 326 g/mol. The van der Waals surface area contributed by atoms with E-state index < -0.39 is 0 Å². The Kier molecular flexibility index (Phi) is 4.00. The maximum absolute atomic E-state index is 2.40. The number of hydrogen-bond acceptors (Lipinski definition) is 0. The minimum absolute atomic E-state index is 0.548. The molecule has 3 aromatic rings. The van der Waals surface area contributed by atoms with Crippen LogP contribution in [0.5, 0.6) is 0 Å². The molecule has 0 radical (unpaired) electrons. The van der Waals surface area contributed by atoms with Crippen LogP contribution in [0, 0.1) is 0 Å². The van der Waals surface area contributed by atoms with Crippen molar-refractivity contribution in [1.82, 2.24) is 0 Å². The van der Waals surface area contributed by atoms with E-state index in [1.54, 1.807) is 0 Å². The molecule has 0 unspecified atom stereocenters. The first-order valence-corrected chi connectivity index (χ1v) is 9.40. The topological polar surface area (TPSA) is 0 Å². The van der Waals surface area contributed by atoms with E-state index >= 15 is 0 Å². The van der Waals surface area contributed by atoms with Crippen molar-refractivity contribution in [2.45, 2.75) is 46.0 Å². The third-order valence-corrected chi connectivity index (χ3v) is 5.47. The SMILES string of the molecule is CC(C)c1cc(-c2cccc3c2Cc2ccccc2-3)cc(C(C)C)c1. The van der Waals surface area contributed by atoms with Gasteiger partial charge in [0.05, 0.1) is 0 Å². The van der Waals surface area contributed by atoms with Crippen molar-refractivity contribution >= 4 is 0 Å². The number of rotatable bonds is 3. The van der Waals surface area contributed by atoms with Gasteiger partial charge in [-0.15, -0.1) is 0 Å². The first-order valence-electron chi connectivity index (χ1n) is 9.40. The molecule has 0 atom stereocenters. The van der Waals surface area contributed by atoms with Crippen LogP contribution < -0.4 is 0 Å². The molecule has 0 bridgehead atoms. The van der Waals surface area contributed by atoms with Crippen LogP contribution in [0.25, 0.3) is 22.3 Å². The van der Waals surface area contributed by atoms with Gasteiger partial charge in [0.25, 0.3) is 0 Å². The molecule has 0 saturated carbocycles. The van der Waals surface area contributed by atoms with Crippen molar-refractivity contribution in [2.24, 2.45) is 0 Å². The predicted molar refractivity (Wildman–Crippen MR) is 108 cm³/mol. The summed E-state index contributed by atoms with van der Waals surface area (Å²) in [7, 11) is 0. The van der Waals surface area contributed by atoms with Gasteiger partial charge in [-0.2, -0.15) is 0 Å². The standard InChI is InChI=1S/C25H26/c1-16(2)19-12-20(17(3)4)14-21(13-19)23-10-7-11-24-22-9-6-5-8-18(22)15-25(23)24/h5-14,16-17H,15H2,1-4H3. The largest absolute Gasteiger partial charge is 0.0619 e. The zero-order chi connectivity index (χ0) is 17.6. The van der Waals surface area contributed by atoms with Gasteiger partial charge in [-0.25, -0.2) is 0 Å². The van der Waals surface area contributed by atoms with Crippen LogP contribution in [-0.2, 0) is 6.42 Å². The van der Waals surface area contributed by atoms with Gasteiger partial charge in [-0.05, 0) is 62.8 Å². The maximum atomic E-state index is 2.40. The van der Waals surface area contributed by atoms with Gasteiger partial charge < -0.3 is 0 Å². The Labute approximate surface area is 151 Å². The first-order chi connectivity index (χ1) is 12.0. The summed E-state index contributed by atoms with van der Waals surface area (Å²) >= 11 is 0. The maximum Gasteiger partial charge on any atom is -0.000729 e. The van der Waals surface area contributed by atoms with Gasteiger partial charge in [0.2, 0.25) is 0 Å². The summed E-state index contributed by atoms with van der Waals surface area (Å²) in [6.07, 6.45) is 1.05. The van der Waals surface area contributed by atoms with E-state index in [1.807, 2.05) is 0 Å². The first kappa shape index (κ1) is 16.1. The predicted octanol–water partition coefficient (Wildman–Crippen LogP) is 7.17. The molecule has 0 aromatic heterocycles. The number of benzene rings is 3. The third-order valence-electron chi connectivity index (χ3n) is 5.47. The van der Waals surface area contributed by atoms with E-state index in [9.17, 15) is 0 Å². The van der Waals surface area contributed by atoms with Crippen molar-refractivity contribution < 1.29 is 0 Å². The summed E-state index contributed by atoms with van der Waals surface area (Å²) in [5.41, 5.74) is 11.4. The minimum Gasteiger partial charge on any atom is -0.0619 e. The summed E-state index contributed by atoms with van der Waals surface area (Å²) in [6, 6.07) is 22.8. The average Bonchev–Trinajstić information content (AvgIpc) is 3.00. The molecule has 0 N–H and O–H groups in total. The molecule has 1 aliphatic carbocycles. The fourth-order valence-corrected chi connectivity index (χ4v) is 3.93. The Bertz CT molecular complexity index is 902. The van der Waals surface area contributed by atoms with Gasteiger partial charge in [0, 0.05) is 0 Å². The molecule has 0 heterocycles. The van der Waals surface area contributed by atoms with Gasteiger partial charge in [0.15, 0.2) is 0 Å². The second-order valence-electron chi connectivity index (χ2n) is 7.86. The normalized spacial score (nSPS) is 12.6. The Morgan fingerprint density at radius 3 is 1.92 bits per heavy atom. The quantitative estimate of drug-likeness (QED) is 0.374. The van der Waals surface area contributed by atoms with E-state index in [4.69, 9.17) is 0 Å². The highest BCUT2D eigenvalue weighted by molar-refractivity contribution is 5.85. The molecular formula is C25H26. The number of hydrogen-bond donors (Lipinski definition) is 0. The van der Waals surface area contributed by atoms with Crippen LogP contribution in [0.3, 0.4) is 0 Å². The Balaban J connectivity index is 1.90. The van der Waals surface area contributed by atoms with Gasteiger partial charge in [-0.1, -0.05) is 88.4 Å². The van der Waals surface area contributed by atoms with Crippen LogP contribution in [-0.4, -0.2) is 0 Å². The molecule has 3 aromatic carbocycles. The number of fused-ring (bicyclic) bond motifs is 3. The van der Waals surface area contributed by atoms with Crippen molar-refractivity contribution in [3.63, 3.8) is 0 Å². The third kappa shape index (κ3) is 2.80. The van der Waals surface area contributed by atoms with Crippen LogP contribution in [0.4, 0.5) is 0 Å². The molecule has 1 aliphatic rings. The van der Waals surface area contributed by atoms with E-state index in [-0.39, 0.29) is 0 Å². The highest BCUT2D eigenvalue weighted by Crippen LogP contribution is 2.42. The lowest BCUT2D eigenvalue weighted by Gasteiger charge is -2.16. The highest BCUT2D eigenvalue weighted by atomic mass is 14.2. The van der Waals surface area contributed by atoms with E-state index in [1.165, 1.54) is 44.5 Å². The molecule has 0 saturated heterocycles. The molecule has 0 spiro atoms. The lowest BCUT2D eigenvalue weighted by atomic mass is 9.88. The molecular weight excluding hydrogens is 300 g/mol. The molecule has 0 amide bonds. The molecule has 0 nitrogen and oxygen atoms in total. The lowest BCUT2D eigenvalue weighted by molar-refractivity contribution is 0.834. The van der Waals surface area contributed by atoms with Crippen LogP contribution in [0.15, 0.2) is 60.7 Å². The summed E-state index contributed by atoms with van der Waals surface area (Å²) in [4.78, 5) is 0. The zero-order valence-electron chi connectivity index (χ0n) is 15.6. The minimum atomic E-state index is 0.548. The Morgan fingerprint density at radius 1 is 0.640 bits per heavy atom. The summed E-state index contributed by atoms with van der Waals surface area (Å²) in [6.45, 7) is 9.14. The molecule has 4 rings (SSSR count).